The molecule has 0 atom stereocenters. The molecule has 1 amide bonds. The van der Waals surface area contributed by atoms with Crippen LogP contribution in [0.4, 0.5) is 5.13 Å². The molecule has 0 fully saturated rings. The number of aryl methyl sites for hydroxylation is 1. The van der Waals surface area contributed by atoms with Crippen LogP contribution in [0.1, 0.15) is 25.0 Å². The summed E-state index contributed by atoms with van der Waals surface area (Å²) in [7, 11) is 0. The predicted molar refractivity (Wildman–Crippen MR) is 84.1 cm³/mol. The van der Waals surface area contributed by atoms with Crippen LogP contribution >= 0.6 is 23.1 Å². The standard InChI is InChI=1S/C14H17N3OS2/c1-9(2)12(18)15-13-16-17-14(20-13)19-8-11-6-4-10(3)5-7-11/h4-7,9H,8H2,1-3H3,(H,15,16,18). The van der Waals surface area contributed by atoms with Gasteiger partial charge in [0.15, 0.2) is 4.34 Å². The lowest BCUT2D eigenvalue weighted by Gasteiger charge is -2.02. The van der Waals surface area contributed by atoms with E-state index in [4.69, 9.17) is 0 Å². The van der Waals surface area contributed by atoms with Gasteiger partial charge in [-0.3, -0.25) is 4.79 Å². The first-order valence-corrected chi connectivity index (χ1v) is 8.17. The van der Waals surface area contributed by atoms with Gasteiger partial charge in [-0.1, -0.05) is 66.8 Å². The zero-order chi connectivity index (χ0) is 14.5. The van der Waals surface area contributed by atoms with Gasteiger partial charge in [0.2, 0.25) is 11.0 Å². The van der Waals surface area contributed by atoms with Crippen molar-refractivity contribution in [2.75, 3.05) is 5.32 Å². The van der Waals surface area contributed by atoms with Crippen molar-refractivity contribution in [1.82, 2.24) is 10.2 Å². The van der Waals surface area contributed by atoms with Crippen LogP contribution in [0.5, 0.6) is 0 Å². The predicted octanol–water partition coefficient (Wildman–Crippen LogP) is 3.73. The summed E-state index contributed by atoms with van der Waals surface area (Å²) in [6.45, 7) is 5.78. The summed E-state index contributed by atoms with van der Waals surface area (Å²) in [4.78, 5) is 11.6. The number of amides is 1. The monoisotopic (exact) mass is 307 g/mol. The molecule has 1 N–H and O–H groups in total. The molecule has 0 aliphatic carbocycles. The van der Waals surface area contributed by atoms with Crippen LogP contribution in [0.15, 0.2) is 28.6 Å². The van der Waals surface area contributed by atoms with E-state index in [9.17, 15) is 4.79 Å². The van der Waals surface area contributed by atoms with Crippen molar-refractivity contribution < 1.29 is 4.79 Å². The van der Waals surface area contributed by atoms with E-state index in [1.807, 2.05) is 13.8 Å². The molecule has 0 spiro atoms. The Morgan fingerprint density at radius 3 is 2.65 bits per heavy atom. The second-order valence-electron chi connectivity index (χ2n) is 4.79. The zero-order valence-electron chi connectivity index (χ0n) is 11.7. The van der Waals surface area contributed by atoms with Crippen molar-refractivity contribution >= 4 is 34.1 Å². The Morgan fingerprint density at radius 2 is 2.00 bits per heavy atom. The Bertz CT molecular complexity index is 578. The Kier molecular flexibility index (Phi) is 5.14. The molecule has 0 unspecified atom stereocenters. The first-order chi connectivity index (χ1) is 9.54. The second-order valence-corrected chi connectivity index (χ2v) is 6.99. The summed E-state index contributed by atoms with van der Waals surface area (Å²) in [5.74, 6) is 0.770. The number of hydrogen-bond acceptors (Lipinski definition) is 5. The molecule has 6 heteroatoms. The molecular weight excluding hydrogens is 290 g/mol. The van der Waals surface area contributed by atoms with E-state index in [-0.39, 0.29) is 11.8 Å². The smallest absolute Gasteiger partial charge is 0.228 e. The second kappa shape index (κ2) is 6.85. The third-order valence-electron chi connectivity index (χ3n) is 2.64. The molecule has 2 aromatic rings. The molecule has 20 heavy (non-hydrogen) atoms. The fourth-order valence-electron chi connectivity index (χ4n) is 1.40. The third kappa shape index (κ3) is 4.31. The molecule has 0 aliphatic heterocycles. The fourth-order valence-corrected chi connectivity index (χ4v) is 3.11. The van der Waals surface area contributed by atoms with Gasteiger partial charge in [0.05, 0.1) is 0 Å². The summed E-state index contributed by atoms with van der Waals surface area (Å²) in [6, 6.07) is 8.43. The average molecular weight is 307 g/mol. The van der Waals surface area contributed by atoms with Gasteiger partial charge in [-0.05, 0) is 12.5 Å². The minimum absolute atomic E-state index is 0.0313. The molecule has 4 nitrogen and oxygen atoms in total. The van der Waals surface area contributed by atoms with Crippen molar-refractivity contribution in [3.63, 3.8) is 0 Å². The molecule has 0 saturated carbocycles. The normalized spacial score (nSPS) is 10.8. The van der Waals surface area contributed by atoms with Crippen LogP contribution in [-0.4, -0.2) is 16.1 Å². The number of carbonyl (C=O) groups excluding carboxylic acids is 1. The van der Waals surface area contributed by atoms with Gasteiger partial charge >= 0.3 is 0 Å². The molecule has 0 aliphatic rings. The highest BCUT2D eigenvalue weighted by molar-refractivity contribution is 8.00. The Morgan fingerprint density at radius 1 is 1.30 bits per heavy atom. The van der Waals surface area contributed by atoms with Crippen LogP contribution in [0.3, 0.4) is 0 Å². The van der Waals surface area contributed by atoms with Crippen molar-refractivity contribution in [2.24, 2.45) is 5.92 Å². The minimum atomic E-state index is -0.0532. The number of aromatic nitrogens is 2. The minimum Gasteiger partial charge on any atom is -0.300 e. The quantitative estimate of drug-likeness (QED) is 0.675. The van der Waals surface area contributed by atoms with Crippen LogP contribution in [-0.2, 0) is 10.5 Å². The SMILES string of the molecule is Cc1ccc(CSc2nnc(NC(=O)C(C)C)s2)cc1. The summed E-state index contributed by atoms with van der Waals surface area (Å²) in [5.41, 5.74) is 2.51. The molecule has 1 aromatic carbocycles. The van der Waals surface area contributed by atoms with Crippen molar-refractivity contribution in [2.45, 2.75) is 30.9 Å². The van der Waals surface area contributed by atoms with Crippen LogP contribution < -0.4 is 5.32 Å². The number of hydrogen-bond donors (Lipinski definition) is 1. The fraction of sp³-hybridized carbons (Fsp3) is 0.357. The van der Waals surface area contributed by atoms with Gasteiger partial charge in [0.25, 0.3) is 0 Å². The molecule has 106 valence electrons. The maximum Gasteiger partial charge on any atom is 0.228 e. The van der Waals surface area contributed by atoms with E-state index in [0.717, 1.165) is 10.1 Å². The highest BCUT2D eigenvalue weighted by Crippen LogP contribution is 2.28. The highest BCUT2D eigenvalue weighted by atomic mass is 32.2. The molecular formula is C14H17N3OS2. The molecule has 1 heterocycles. The van der Waals surface area contributed by atoms with Crippen LogP contribution in [0.2, 0.25) is 0 Å². The van der Waals surface area contributed by atoms with Crippen molar-refractivity contribution in [1.29, 1.82) is 0 Å². The largest absolute Gasteiger partial charge is 0.300 e. The van der Waals surface area contributed by atoms with E-state index >= 15 is 0 Å². The number of carbonyl (C=O) groups is 1. The Labute approximate surface area is 127 Å². The topological polar surface area (TPSA) is 54.9 Å². The Balaban J connectivity index is 1.89. The number of rotatable bonds is 5. The van der Waals surface area contributed by atoms with Gasteiger partial charge in [-0.25, -0.2) is 0 Å². The van der Waals surface area contributed by atoms with E-state index in [2.05, 4.69) is 46.7 Å². The van der Waals surface area contributed by atoms with Gasteiger partial charge in [-0.2, -0.15) is 0 Å². The molecule has 1 aromatic heterocycles. The lowest BCUT2D eigenvalue weighted by molar-refractivity contribution is -0.118. The number of nitrogens with zero attached hydrogens (tertiary/aromatic N) is 2. The summed E-state index contributed by atoms with van der Waals surface area (Å²) in [5, 5.41) is 11.4. The maximum absolute atomic E-state index is 11.6. The van der Waals surface area contributed by atoms with E-state index in [0.29, 0.717) is 5.13 Å². The first-order valence-electron chi connectivity index (χ1n) is 6.37. The lowest BCUT2D eigenvalue weighted by atomic mass is 10.2. The van der Waals surface area contributed by atoms with Gasteiger partial charge < -0.3 is 5.32 Å². The van der Waals surface area contributed by atoms with E-state index in [1.165, 1.54) is 22.5 Å². The van der Waals surface area contributed by atoms with Gasteiger partial charge in [0, 0.05) is 11.7 Å². The lowest BCUT2D eigenvalue weighted by Crippen LogP contribution is -2.17. The zero-order valence-corrected chi connectivity index (χ0v) is 13.3. The highest BCUT2D eigenvalue weighted by Gasteiger charge is 2.11. The van der Waals surface area contributed by atoms with Crippen molar-refractivity contribution in [3.05, 3.63) is 35.4 Å². The van der Waals surface area contributed by atoms with E-state index < -0.39 is 0 Å². The summed E-state index contributed by atoms with van der Waals surface area (Å²) in [6.07, 6.45) is 0. The number of benzene rings is 1. The van der Waals surface area contributed by atoms with Crippen LogP contribution in [0, 0.1) is 12.8 Å². The maximum atomic E-state index is 11.6. The number of thioether (sulfide) groups is 1. The first kappa shape index (κ1) is 15.0. The summed E-state index contributed by atoms with van der Waals surface area (Å²) >= 11 is 3.04. The molecule has 0 bridgehead atoms. The number of nitrogens with one attached hydrogen (secondary N) is 1. The third-order valence-corrected chi connectivity index (χ3v) is 4.69. The molecule has 0 radical (unpaired) electrons. The van der Waals surface area contributed by atoms with Gasteiger partial charge in [-0.15, -0.1) is 10.2 Å². The van der Waals surface area contributed by atoms with E-state index in [1.54, 1.807) is 11.8 Å². The molecule has 2 rings (SSSR count). The van der Waals surface area contributed by atoms with Gasteiger partial charge in [0.1, 0.15) is 0 Å². The Hall–Kier alpha value is -1.40. The summed E-state index contributed by atoms with van der Waals surface area (Å²) < 4.78 is 0.865. The van der Waals surface area contributed by atoms with Crippen molar-refractivity contribution in [3.8, 4) is 0 Å². The number of anilines is 1. The molecule has 0 saturated heterocycles. The van der Waals surface area contributed by atoms with Crippen LogP contribution in [0.25, 0.3) is 0 Å². The average Bonchev–Trinajstić information content (AvgIpc) is 2.85.